The van der Waals surface area contributed by atoms with Gasteiger partial charge in [0.2, 0.25) is 0 Å². The number of benzene rings is 1. The summed E-state index contributed by atoms with van der Waals surface area (Å²) in [5.74, 6) is 1.59. The smallest absolute Gasteiger partial charge is 0.118 e. The monoisotopic (exact) mass is 248 g/mol. The molecule has 0 aromatic heterocycles. The fourth-order valence-corrected chi connectivity index (χ4v) is 2.64. The van der Waals surface area contributed by atoms with Crippen LogP contribution >= 0.6 is 0 Å². The predicted octanol–water partition coefficient (Wildman–Crippen LogP) is 2.25. The molecule has 0 saturated carbocycles. The number of rotatable bonds is 4. The first-order valence-electron chi connectivity index (χ1n) is 6.80. The van der Waals surface area contributed by atoms with E-state index in [9.17, 15) is 0 Å². The summed E-state index contributed by atoms with van der Waals surface area (Å²) in [4.78, 5) is 2.54. The Morgan fingerprint density at radius 1 is 1.28 bits per heavy atom. The number of nitrogens with zero attached hydrogens (tertiary/aromatic N) is 1. The van der Waals surface area contributed by atoms with Gasteiger partial charge in [0, 0.05) is 19.1 Å². The van der Waals surface area contributed by atoms with Crippen LogP contribution in [0.4, 0.5) is 0 Å². The van der Waals surface area contributed by atoms with Crippen molar-refractivity contribution in [1.29, 1.82) is 0 Å². The van der Waals surface area contributed by atoms with E-state index in [0.717, 1.165) is 25.4 Å². The van der Waals surface area contributed by atoms with Gasteiger partial charge in [0.05, 0.1) is 7.11 Å². The van der Waals surface area contributed by atoms with Gasteiger partial charge >= 0.3 is 0 Å². The van der Waals surface area contributed by atoms with E-state index in [4.69, 9.17) is 10.5 Å². The lowest BCUT2D eigenvalue weighted by atomic mass is 9.93. The normalized spacial score (nSPS) is 25.1. The van der Waals surface area contributed by atoms with Crippen LogP contribution in [0, 0.1) is 5.92 Å². The number of methoxy groups -OCH3 is 1. The van der Waals surface area contributed by atoms with Crippen LogP contribution in [0.2, 0.25) is 0 Å². The SMILES string of the molecule is COc1ccc(CN2CC(CN)CCC2C)cc1. The van der Waals surface area contributed by atoms with Crippen molar-refractivity contribution < 1.29 is 4.74 Å². The van der Waals surface area contributed by atoms with Gasteiger partial charge in [0.1, 0.15) is 5.75 Å². The molecule has 2 atom stereocenters. The average molecular weight is 248 g/mol. The van der Waals surface area contributed by atoms with E-state index in [-0.39, 0.29) is 0 Å². The number of piperidine rings is 1. The highest BCUT2D eigenvalue weighted by atomic mass is 16.5. The van der Waals surface area contributed by atoms with Crippen molar-refractivity contribution >= 4 is 0 Å². The molecular weight excluding hydrogens is 224 g/mol. The Morgan fingerprint density at radius 3 is 2.61 bits per heavy atom. The molecule has 0 bridgehead atoms. The van der Waals surface area contributed by atoms with Crippen LogP contribution in [-0.4, -0.2) is 31.1 Å². The molecule has 1 aromatic carbocycles. The zero-order valence-electron chi connectivity index (χ0n) is 11.4. The highest BCUT2D eigenvalue weighted by Crippen LogP contribution is 2.23. The summed E-state index contributed by atoms with van der Waals surface area (Å²) in [5, 5.41) is 0. The summed E-state index contributed by atoms with van der Waals surface area (Å²) in [5.41, 5.74) is 7.15. The fraction of sp³-hybridized carbons (Fsp3) is 0.600. The summed E-state index contributed by atoms with van der Waals surface area (Å²) >= 11 is 0. The maximum Gasteiger partial charge on any atom is 0.118 e. The summed E-state index contributed by atoms with van der Waals surface area (Å²) in [7, 11) is 1.70. The molecule has 2 unspecified atom stereocenters. The molecule has 2 N–H and O–H groups in total. The highest BCUT2D eigenvalue weighted by molar-refractivity contribution is 5.27. The zero-order chi connectivity index (χ0) is 13.0. The summed E-state index contributed by atoms with van der Waals surface area (Å²) in [6.45, 7) is 5.27. The Morgan fingerprint density at radius 2 is 2.00 bits per heavy atom. The van der Waals surface area contributed by atoms with E-state index in [1.54, 1.807) is 7.11 Å². The molecule has 3 heteroatoms. The van der Waals surface area contributed by atoms with Crippen molar-refractivity contribution in [2.75, 3.05) is 20.2 Å². The van der Waals surface area contributed by atoms with Crippen molar-refractivity contribution in [1.82, 2.24) is 4.90 Å². The van der Waals surface area contributed by atoms with Crippen LogP contribution in [0.1, 0.15) is 25.3 Å². The number of nitrogens with two attached hydrogens (primary N) is 1. The maximum atomic E-state index is 5.80. The van der Waals surface area contributed by atoms with E-state index >= 15 is 0 Å². The molecule has 1 aliphatic heterocycles. The van der Waals surface area contributed by atoms with Gasteiger partial charge in [-0.1, -0.05) is 12.1 Å². The largest absolute Gasteiger partial charge is 0.497 e. The Labute approximate surface area is 110 Å². The second-order valence-electron chi connectivity index (χ2n) is 5.31. The molecule has 0 amide bonds. The number of likely N-dealkylation sites (tertiary alicyclic amines) is 1. The van der Waals surface area contributed by atoms with Crippen LogP contribution in [0.3, 0.4) is 0 Å². The van der Waals surface area contributed by atoms with Crippen molar-refractivity contribution in [3.63, 3.8) is 0 Å². The van der Waals surface area contributed by atoms with Crippen LogP contribution in [-0.2, 0) is 6.54 Å². The third-order valence-corrected chi connectivity index (χ3v) is 3.99. The molecular formula is C15H24N2O. The van der Waals surface area contributed by atoms with Gasteiger partial charge in [0.15, 0.2) is 0 Å². The standard InChI is InChI=1S/C15H24N2O/c1-12-3-4-14(9-16)11-17(12)10-13-5-7-15(18-2)8-6-13/h5-8,12,14H,3-4,9-11,16H2,1-2H3. The Balaban J connectivity index is 1.97. The molecule has 3 nitrogen and oxygen atoms in total. The van der Waals surface area contributed by atoms with Gasteiger partial charge in [-0.15, -0.1) is 0 Å². The quantitative estimate of drug-likeness (QED) is 0.888. The van der Waals surface area contributed by atoms with Crippen LogP contribution in [0.15, 0.2) is 24.3 Å². The lowest BCUT2D eigenvalue weighted by Gasteiger charge is -2.37. The minimum Gasteiger partial charge on any atom is -0.497 e. The Kier molecular flexibility index (Phi) is 4.61. The van der Waals surface area contributed by atoms with E-state index < -0.39 is 0 Å². The molecule has 1 aromatic rings. The molecule has 0 aliphatic carbocycles. The molecule has 1 saturated heterocycles. The summed E-state index contributed by atoms with van der Waals surface area (Å²) in [6.07, 6.45) is 2.54. The van der Waals surface area contributed by atoms with Crippen LogP contribution in [0.5, 0.6) is 5.75 Å². The minimum absolute atomic E-state index is 0.662. The molecule has 100 valence electrons. The zero-order valence-corrected chi connectivity index (χ0v) is 11.4. The van der Waals surface area contributed by atoms with Gasteiger partial charge in [-0.05, 0) is 49.9 Å². The van der Waals surface area contributed by atoms with Gasteiger partial charge in [0.25, 0.3) is 0 Å². The number of ether oxygens (including phenoxy) is 1. The average Bonchev–Trinajstić information content (AvgIpc) is 2.42. The van der Waals surface area contributed by atoms with Crippen molar-refractivity contribution in [3.05, 3.63) is 29.8 Å². The number of hydrogen-bond donors (Lipinski definition) is 1. The van der Waals surface area contributed by atoms with Crippen molar-refractivity contribution in [3.8, 4) is 5.75 Å². The molecule has 0 radical (unpaired) electrons. The lowest BCUT2D eigenvalue weighted by Crippen LogP contribution is -2.43. The number of hydrogen-bond acceptors (Lipinski definition) is 3. The summed E-state index contributed by atoms with van der Waals surface area (Å²) in [6, 6.07) is 9.03. The lowest BCUT2D eigenvalue weighted by molar-refractivity contribution is 0.113. The van der Waals surface area contributed by atoms with Gasteiger partial charge < -0.3 is 10.5 Å². The van der Waals surface area contributed by atoms with Gasteiger partial charge in [-0.3, -0.25) is 4.90 Å². The topological polar surface area (TPSA) is 38.5 Å². The second-order valence-corrected chi connectivity index (χ2v) is 5.31. The third-order valence-electron chi connectivity index (χ3n) is 3.99. The highest BCUT2D eigenvalue weighted by Gasteiger charge is 2.24. The first kappa shape index (κ1) is 13.4. The molecule has 18 heavy (non-hydrogen) atoms. The van der Waals surface area contributed by atoms with Crippen molar-refractivity contribution in [2.45, 2.75) is 32.4 Å². The van der Waals surface area contributed by atoms with Crippen molar-refractivity contribution in [2.24, 2.45) is 11.7 Å². The third kappa shape index (κ3) is 3.24. The molecule has 1 heterocycles. The second kappa shape index (κ2) is 6.21. The summed E-state index contributed by atoms with van der Waals surface area (Å²) < 4.78 is 5.18. The van der Waals surface area contributed by atoms with E-state index in [2.05, 4.69) is 24.0 Å². The van der Waals surface area contributed by atoms with Gasteiger partial charge in [-0.2, -0.15) is 0 Å². The minimum atomic E-state index is 0.662. The van der Waals surface area contributed by atoms with E-state index in [1.165, 1.54) is 18.4 Å². The Hall–Kier alpha value is -1.06. The molecule has 0 spiro atoms. The first-order chi connectivity index (χ1) is 8.72. The maximum absolute atomic E-state index is 5.80. The first-order valence-corrected chi connectivity index (χ1v) is 6.80. The van der Waals surface area contributed by atoms with Crippen LogP contribution in [0.25, 0.3) is 0 Å². The van der Waals surface area contributed by atoms with Gasteiger partial charge in [-0.25, -0.2) is 0 Å². The fourth-order valence-electron chi connectivity index (χ4n) is 2.64. The van der Waals surface area contributed by atoms with E-state index in [0.29, 0.717) is 12.0 Å². The van der Waals surface area contributed by atoms with Crippen LogP contribution < -0.4 is 10.5 Å². The molecule has 2 rings (SSSR count). The Bertz CT molecular complexity index is 363. The molecule has 1 aliphatic rings. The predicted molar refractivity (Wildman–Crippen MR) is 74.6 cm³/mol. The molecule has 1 fully saturated rings. The van der Waals surface area contributed by atoms with E-state index in [1.807, 2.05) is 12.1 Å².